The van der Waals surface area contributed by atoms with E-state index in [-0.39, 0.29) is 13.2 Å². The third-order valence-corrected chi connectivity index (χ3v) is 6.17. The van der Waals surface area contributed by atoms with E-state index in [2.05, 4.69) is 4.72 Å². The maximum Gasteiger partial charge on any atom is 0.218 e. The van der Waals surface area contributed by atoms with E-state index >= 15 is 0 Å². The highest BCUT2D eigenvalue weighted by Crippen LogP contribution is 2.34. The minimum absolute atomic E-state index is 0.00380. The van der Waals surface area contributed by atoms with E-state index in [1.165, 1.54) is 11.1 Å². The Labute approximate surface area is 147 Å². The Balaban J connectivity index is 1.73. The Morgan fingerprint density at radius 2 is 1.84 bits per heavy atom. The molecule has 1 N–H and O–H groups in total. The Hall–Kier alpha value is -1.80. The van der Waals surface area contributed by atoms with Gasteiger partial charge >= 0.3 is 0 Å². The van der Waals surface area contributed by atoms with Gasteiger partial charge in [0.15, 0.2) is 0 Å². The van der Waals surface area contributed by atoms with Crippen molar-refractivity contribution >= 4 is 10.0 Å². The second kappa shape index (κ2) is 7.61. The molecular formula is C18H21FN2O3S. The van der Waals surface area contributed by atoms with E-state index in [1.54, 1.807) is 25.2 Å². The van der Waals surface area contributed by atoms with Crippen LogP contribution < -0.4 is 4.72 Å². The summed E-state index contributed by atoms with van der Waals surface area (Å²) in [4.78, 5) is 5.39. The number of rotatable bonds is 6. The van der Waals surface area contributed by atoms with Gasteiger partial charge in [0, 0.05) is 19.2 Å². The number of benzene rings is 2. The minimum atomic E-state index is -3.66. The Bertz CT molecular complexity index is 814. The number of nitrogens with one attached hydrogen (secondary N) is 1. The van der Waals surface area contributed by atoms with Crippen LogP contribution in [0.15, 0.2) is 54.6 Å². The zero-order valence-corrected chi connectivity index (χ0v) is 14.7. The Kier molecular flexibility index (Phi) is 5.48. The molecule has 1 fully saturated rings. The maximum absolute atomic E-state index is 14.2. The second-order valence-corrected chi connectivity index (χ2v) is 8.01. The van der Waals surface area contributed by atoms with Gasteiger partial charge in [0.25, 0.3) is 0 Å². The van der Waals surface area contributed by atoms with Gasteiger partial charge in [-0.25, -0.2) is 17.5 Å². The molecule has 7 heteroatoms. The highest BCUT2D eigenvalue weighted by molar-refractivity contribution is 7.90. The van der Waals surface area contributed by atoms with Gasteiger partial charge in [-0.2, -0.15) is 5.06 Å². The molecule has 1 aliphatic heterocycles. The summed E-state index contributed by atoms with van der Waals surface area (Å²) in [5, 5.41) is 0.546. The third kappa shape index (κ3) is 4.07. The van der Waals surface area contributed by atoms with Crippen molar-refractivity contribution in [3.8, 4) is 0 Å². The summed E-state index contributed by atoms with van der Waals surface area (Å²) in [6.07, 6.45) is 0.591. The molecule has 0 bridgehead atoms. The van der Waals surface area contributed by atoms with Crippen molar-refractivity contribution < 1.29 is 17.6 Å². The van der Waals surface area contributed by atoms with E-state index < -0.39 is 27.1 Å². The van der Waals surface area contributed by atoms with Gasteiger partial charge < -0.3 is 0 Å². The molecule has 0 amide bonds. The number of nitrogens with zero attached hydrogens (tertiary/aromatic N) is 1. The zero-order chi connectivity index (χ0) is 17.9. The number of sulfonamides is 1. The lowest BCUT2D eigenvalue weighted by atomic mass is 10.0. The predicted octanol–water partition coefficient (Wildman–Crippen LogP) is 2.27. The van der Waals surface area contributed by atoms with Crippen molar-refractivity contribution in [2.75, 3.05) is 20.2 Å². The van der Waals surface area contributed by atoms with Crippen molar-refractivity contribution in [1.29, 1.82) is 0 Å². The van der Waals surface area contributed by atoms with Crippen LogP contribution in [0.25, 0.3) is 0 Å². The number of hydrogen-bond acceptors (Lipinski definition) is 4. The number of halogens is 1. The van der Waals surface area contributed by atoms with Crippen molar-refractivity contribution in [1.82, 2.24) is 9.79 Å². The van der Waals surface area contributed by atoms with Crippen LogP contribution in [0.2, 0.25) is 0 Å². The smallest absolute Gasteiger partial charge is 0.218 e. The van der Waals surface area contributed by atoms with Gasteiger partial charge in [-0.15, -0.1) is 0 Å². The summed E-state index contributed by atoms with van der Waals surface area (Å²) in [5.74, 6) is -0.436. The van der Waals surface area contributed by atoms with Crippen molar-refractivity contribution in [3.05, 3.63) is 71.5 Å². The van der Waals surface area contributed by atoms with Gasteiger partial charge in [0.1, 0.15) is 11.1 Å². The number of hydroxylamine groups is 2. The van der Waals surface area contributed by atoms with Crippen molar-refractivity contribution in [3.63, 3.8) is 0 Å². The van der Waals surface area contributed by atoms with Crippen LogP contribution in [0.3, 0.4) is 0 Å². The van der Waals surface area contributed by atoms with Crippen LogP contribution in [0.4, 0.5) is 4.39 Å². The molecule has 3 rings (SSSR count). The monoisotopic (exact) mass is 364 g/mol. The first-order chi connectivity index (χ1) is 12.0. The summed E-state index contributed by atoms with van der Waals surface area (Å²) in [6.45, 7) is 0.284. The van der Waals surface area contributed by atoms with E-state index in [4.69, 9.17) is 4.84 Å². The molecule has 0 unspecified atom stereocenters. The van der Waals surface area contributed by atoms with E-state index in [9.17, 15) is 12.8 Å². The van der Waals surface area contributed by atoms with Crippen molar-refractivity contribution in [2.24, 2.45) is 0 Å². The first-order valence-corrected chi connectivity index (χ1v) is 9.66. The molecule has 2 aromatic carbocycles. The van der Waals surface area contributed by atoms with Crippen LogP contribution in [0.1, 0.15) is 17.2 Å². The van der Waals surface area contributed by atoms with Crippen molar-refractivity contribution in [2.45, 2.75) is 17.7 Å². The third-order valence-electron chi connectivity index (χ3n) is 4.37. The van der Waals surface area contributed by atoms with E-state index in [0.29, 0.717) is 12.0 Å². The predicted molar refractivity (Wildman–Crippen MR) is 93.7 cm³/mol. The van der Waals surface area contributed by atoms with E-state index in [0.717, 1.165) is 5.56 Å². The average Bonchev–Trinajstić information content (AvgIpc) is 2.98. The molecule has 5 nitrogen and oxygen atoms in total. The fourth-order valence-electron chi connectivity index (χ4n) is 3.06. The summed E-state index contributed by atoms with van der Waals surface area (Å²) >= 11 is 0. The highest BCUT2D eigenvalue weighted by atomic mass is 32.2. The van der Waals surface area contributed by atoms with Gasteiger partial charge in [-0.3, -0.25) is 4.84 Å². The molecule has 0 aromatic heterocycles. The van der Waals surface area contributed by atoms with E-state index in [1.807, 2.05) is 30.3 Å². The fourth-order valence-corrected chi connectivity index (χ4v) is 4.55. The number of hydrogen-bond donors (Lipinski definition) is 1. The lowest BCUT2D eigenvalue weighted by Gasteiger charge is -2.23. The molecular weight excluding hydrogens is 343 g/mol. The summed E-state index contributed by atoms with van der Waals surface area (Å²) < 4.78 is 42.2. The lowest BCUT2D eigenvalue weighted by molar-refractivity contribution is -0.111. The second-order valence-electron chi connectivity index (χ2n) is 6.02. The molecule has 0 radical (unpaired) electrons. The van der Waals surface area contributed by atoms with Crippen LogP contribution in [0.5, 0.6) is 0 Å². The molecule has 25 heavy (non-hydrogen) atoms. The first-order valence-electron chi connectivity index (χ1n) is 8.11. The van der Waals surface area contributed by atoms with Gasteiger partial charge in [-0.05, 0) is 18.1 Å². The van der Waals surface area contributed by atoms with Gasteiger partial charge in [-0.1, -0.05) is 48.5 Å². The molecule has 0 aliphatic carbocycles. The fraction of sp³-hybridized carbons (Fsp3) is 0.333. The zero-order valence-electron chi connectivity index (χ0n) is 13.9. The van der Waals surface area contributed by atoms with Crippen LogP contribution in [-0.4, -0.2) is 38.9 Å². The van der Waals surface area contributed by atoms with Crippen LogP contribution >= 0.6 is 0 Å². The summed E-state index contributed by atoms with van der Waals surface area (Å²) in [6, 6.07) is 15.1. The summed E-state index contributed by atoms with van der Waals surface area (Å²) in [5.41, 5.74) is 1.37. The molecule has 2 atom stereocenters. The quantitative estimate of drug-likeness (QED) is 0.854. The molecule has 1 heterocycles. The molecule has 0 saturated carbocycles. The Morgan fingerprint density at radius 3 is 2.56 bits per heavy atom. The minimum Gasteiger partial charge on any atom is -0.297 e. The van der Waals surface area contributed by atoms with Gasteiger partial charge in [0.05, 0.1) is 12.6 Å². The molecule has 2 aromatic rings. The molecule has 1 aliphatic rings. The Morgan fingerprint density at radius 1 is 1.16 bits per heavy atom. The maximum atomic E-state index is 14.2. The largest absolute Gasteiger partial charge is 0.297 e. The SMILES string of the molecule is CN1OC[C@@H](S(=O)(=O)NCCc2ccccc2)[C@@H]1c1ccccc1F. The van der Waals surface area contributed by atoms with Gasteiger partial charge in [0.2, 0.25) is 10.0 Å². The molecule has 1 saturated heterocycles. The van der Waals surface area contributed by atoms with Crippen LogP contribution in [0, 0.1) is 5.82 Å². The van der Waals surface area contributed by atoms with Crippen LogP contribution in [-0.2, 0) is 21.3 Å². The average molecular weight is 364 g/mol. The normalized spacial score (nSPS) is 21.5. The standard InChI is InChI=1S/C18H21FN2O3S/c1-21-18(15-9-5-6-10-16(15)19)17(13-24-21)25(22,23)20-12-11-14-7-3-2-4-8-14/h2-10,17-18,20H,11-13H2,1H3/t17-,18+/m1/s1. The molecule has 0 spiro atoms. The topological polar surface area (TPSA) is 58.6 Å². The lowest BCUT2D eigenvalue weighted by Crippen LogP contribution is -2.40. The molecule has 134 valence electrons. The summed E-state index contributed by atoms with van der Waals surface area (Å²) in [7, 11) is -2.04. The highest BCUT2D eigenvalue weighted by Gasteiger charge is 2.43. The first kappa shape index (κ1) is 18.0.